The molecule has 1 spiro atoms. The van der Waals surface area contributed by atoms with E-state index in [0.29, 0.717) is 17.8 Å². The normalized spacial score (nSPS) is 34.5. The Hall–Kier alpha value is -2.11. The second-order valence-corrected chi connectivity index (χ2v) is 4.17. The molecular weight excluding hydrogens is 222 g/mol. The number of aliphatic imine (C=N–C) groups is 1. The number of carbonyl (C=O) groups excluding carboxylic acids is 2. The van der Waals surface area contributed by atoms with Gasteiger partial charge in [0, 0.05) is 18.2 Å². The lowest BCUT2D eigenvalue weighted by Gasteiger charge is -2.35. The van der Waals surface area contributed by atoms with Crippen molar-refractivity contribution in [3.05, 3.63) is 23.5 Å². The molecular formula is C11H11N3O3. The molecule has 3 amide bonds. The minimum absolute atomic E-state index is 0.376. The summed E-state index contributed by atoms with van der Waals surface area (Å²) in [6.45, 7) is 1.74. The minimum atomic E-state index is -1.12. The Morgan fingerprint density at radius 1 is 1.53 bits per heavy atom. The van der Waals surface area contributed by atoms with Crippen LogP contribution in [-0.4, -0.2) is 29.9 Å². The number of nitrogens with zero attached hydrogens (tertiary/aromatic N) is 1. The predicted octanol–water partition coefficient (Wildman–Crippen LogP) is 0.226. The van der Waals surface area contributed by atoms with Crippen molar-refractivity contribution >= 4 is 18.2 Å². The second kappa shape index (κ2) is 3.19. The average Bonchev–Trinajstić information content (AvgIpc) is 2.54. The Labute approximate surface area is 97.4 Å². The molecule has 0 saturated carbocycles. The summed E-state index contributed by atoms with van der Waals surface area (Å²) < 4.78 is 5.52. The average molecular weight is 233 g/mol. The van der Waals surface area contributed by atoms with E-state index in [-0.39, 0.29) is 5.91 Å². The van der Waals surface area contributed by atoms with E-state index in [1.807, 2.05) is 6.08 Å². The van der Waals surface area contributed by atoms with Crippen molar-refractivity contribution in [3.63, 3.8) is 0 Å². The summed E-state index contributed by atoms with van der Waals surface area (Å²) in [6, 6.07) is -0.491. The van der Waals surface area contributed by atoms with E-state index in [9.17, 15) is 9.59 Å². The molecule has 0 aromatic rings. The van der Waals surface area contributed by atoms with Gasteiger partial charge >= 0.3 is 6.03 Å². The standard InChI is InChI=1S/C11H11N3O3/c1-6-5-11(9(15)13-10(16)14-11)7-3-2-4-12-8(7)17-6/h3-5,8H,2H2,1H3,(H2,13,14,15,16). The van der Waals surface area contributed by atoms with Gasteiger partial charge in [0.15, 0.2) is 5.54 Å². The first kappa shape index (κ1) is 10.1. The molecule has 0 radical (unpaired) electrons. The number of nitrogens with one attached hydrogen (secondary N) is 2. The van der Waals surface area contributed by atoms with Crippen LogP contribution in [-0.2, 0) is 9.53 Å². The van der Waals surface area contributed by atoms with Crippen LogP contribution in [0.3, 0.4) is 0 Å². The predicted molar refractivity (Wildman–Crippen MR) is 59.2 cm³/mol. The zero-order chi connectivity index (χ0) is 12.0. The topological polar surface area (TPSA) is 79.8 Å². The molecule has 3 aliphatic heterocycles. The highest BCUT2D eigenvalue weighted by Crippen LogP contribution is 2.35. The number of hydrogen-bond donors (Lipinski definition) is 2. The third-order valence-corrected chi connectivity index (χ3v) is 3.02. The van der Waals surface area contributed by atoms with Gasteiger partial charge in [-0.3, -0.25) is 15.1 Å². The lowest BCUT2D eigenvalue weighted by atomic mass is 9.84. The molecule has 0 aromatic carbocycles. The molecule has 88 valence electrons. The van der Waals surface area contributed by atoms with E-state index in [1.54, 1.807) is 19.2 Å². The van der Waals surface area contributed by atoms with Crippen LogP contribution in [0.25, 0.3) is 0 Å². The molecule has 2 atom stereocenters. The summed E-state index contributed by atoms with van der Waals surface area (Å²) in [7, 11) is 0. The van der Waals surface area contributed by atoms with Gasteiger partial charge in [-0.2, -0.15) is 0 Å². The number of dihydropyridines is 1. The quantitative estimate of drug-likeness (QED) is 0.464. The number of carbonyl (C=O) groups is 2. The van der Waals surface area contributed by atoms with Crippen molar-refractivity contribution in [3.8, 4) is 0 Å². The Kier molecular flexibility index (Phi) is 1.89. The molecule has 6 heteroatoms. The van der Waals surface area contributed by atoms with Crippen LogP contribution in [0.5, 0.6) is 0 Å². The zero-order valence-electron chi connectivity index (χ0n) is 9.19. The molecule has 2 unspecified atom stereocenters. The largest absolute Gasteiger partial charge is 0.470 e. The van der Waals surface area contributed by atoms with E-state index in [0.717, 1.165) is 0 Å². The number of ether oxygens (including phenoxy) is 1. The highest BCUT2D eigenvalue weighted by molar-refractivity contribution is 6.10. The maximum absolute atomic E-state index is 12.0. The molecule has 3 rings (SSSR count). The Balaban J connectivity index is 2.14. The van der Waals surface area contributed by atoms with Crippen molar-refractivity contribution in [2.45, 2.75) is 25.1 Å². The van der Waals surface area contributed by atoms with Gasteiger partial charge in [0.2, 0.25) is 6.23 Å². The fourth-order valence-corrected chi connectivity index (χ4v) is 2.34. The molecule has 17 heavy (non-hydrogen) atoms. The maximum atomic E-state index is 12.0. The summed E-state index contributed by atoms with van der Waals surface area (Å²) in [5, 5.41) is 4.90. The smallest absolute Gasteiger partial charge is 0.322 e. The van der Waals surface area contributed by atoms with Crippen LogP contribution in [0.2, 0.25) is 0 Å². The van der Waals surface area contributed by atoms with Gasteiger partial charge in [0.25, 0.3) is 5.91 Å². The van der Waals surface area contributed by atoms with E-state index in [4.69, 9.17) is 4.74 Å². The molecule has 3 heterocycles. The number of allylic oxidation sites excluding steroid dienone is 2. The van der Waals surface area contributed by atoms with Gasteiger partial charge in [0.1, 0.15) is 0 Å². The lowest BCUT2D eigenvalue weighted by Crippen LogP contribution is -2.52. The van der Waals surface area contributed by atoms with Gasteiger partial charge in [-0.25, -0.2) is 4.79 Å². The number of hydrogen-bond acceptors (Lipinski definition) is 4. The van der Waals surface area contributed by atoms with Crippen molar-refractivity contribution in [1.29, 1.82) is 0 Å². The summed E-state index contributed by atoms with van der Waals surface area (Å²) >= 11 is 0. The van der Waals surface area contributed by atoms with Crippen molar-refractivity contribution in [1.82, 2.24) is 10.6 Å². The van der Waals surface area contributed by atoms with Crippen LogP contribution in [0, 0.1) is 0 Å². The van der Waals surface area contributed by atoms with Crippen LogP contribution < -0.4 is 10.6 Å². The molecule has 1 fully saturated rings. The fourth-order valence-electron chi connectivity index (χ4n) is 2.34. The van der Waals surface area contributed by atoms with E-state index in [2.05, 4.69) is 15.6 Å². The van der Waals surface area contributed by atoms with Crippen LogP contribution in [0.1, 0.15) is 13.3 Å². The molecule has 0 bridgehead atoms. The summed E-state index contributed by atoms with van der Waals surface area (Å²) in [4.78, 5) is 27.5. The summed E-state index contributed by atoms with van der Waals surface area (Å²) in [6.07, 6.45) is 5.34. The highest BCUT2D eigenvalue weighted by Gasteiger charge is 2.52. The van der Waals surface area contributed by atoms with Gasteiger partial charge in [-0.1, -0.05) is 6.08 Å². The molecule has 0 aromatic heterocycles. The molecule has 2 N–H and O–H groups in total. The monoisotopic (exact) mass is 233 g/mol. The Bertz CT molecular complexity index is 506. The summed E-state index contributed by atoms with van der Waals surface area (Å²) in [5.74, 6) is 0.196. The van der Waals surface area contributed by atoms with Crippen molar-refractivity contribution in [2.75, 3.05) is 0 Å². The van der Waals surface area contributed by atoms with Crippen molar-refractivity contribution < 1.29 is 14.3 Å². The summed E-state index contributed by atoms with van der Waals surface area (Å²) in [5.41, 5.74) is -0.448. The maximum Gasteiger partial charge on any atom is 0.322 e. The number of rotatable bonds is 0. The Morgan fingerprint density at radius 2 is 2.35 bits per heavy atom. The van der Waals surface area contributed by atoms with Gasteiger partial charge < -0.3 is 10.1 Å². The van der Waals surface area contributed by atoms with Crippen molar-refractivity contribution in [2.24, 2.45) is 4.99 Å². The number of fused-ring (bicyclic) bond motifs is 2. The first-order chi connectivity index (χ1) is 8.12. The molecule has 6 nitrogen and oxygen atoms in total. The minimum Gasteiger partial charge on any atom is -0.470 e. The fraction of sp³-hybridized carbons (Fsp3) is 0.364. The molecule has 0 aliphatic carbocycles. The SMILES string of the molecule is CC1=CC2(NC(=O)NC2=O)C2=CCC=NC2O1. The number of urea groups is 1. The van der Waals surface area contributed by atoms with E-state index in [1.165, 1.54) is 0 Å². The zero-order valence-corrected chi connectivity index (χ0v) is 9.19. The number of amides is 3. The third kappa shape index (κ3) is 1.30. The first-order valence-electron chi connectivity index (χ1n) is 5.34. The van der Waals surface area contributed by atoms with Crippen LogP contribution in [0.15, 0.2) is 28.5 Å². The lowest BCUT2D eigenvalue weighted by molar-refractivity contribution is -0.122. The molecule has 3 aliphatic rings. The van der Waals surface area contributed by atoms with Crippen LogP contribution in [0.4, 0.5) is 4.79 Å². The second-order valence-electron chi connectivity index (χ2n) is 4.17. The third-order valence-electron chi connectivity index (χ3n) is 3.02. The first-order valence-corrected chi connectivity index (χ1v) is 5.34. The highest BCUT2D eigenvalue weighted by atomic mass is 16.5. The number of imide groups is 1. The van der Waals surface area contributed by atoms with Gasteiger partial charge in [-0.15, -0.1) is 0 Å². The van der Waals surface area contributed by atoms with Gasteiger partial charge in [-0.05, 0) is 13.0 Å². The van der Waals surface area contributed by atoms with Gasteiger partial charge in [0.05, 0.1) is 5.76 Å². The molecule has 1 saturated heterocycles. The van der Waals surface area contributed by atoms with Crippen LogP contribution >= 0.6 is 0 Å². The van der Waals surface area contributed by atoms with E-state index < -0.39 is 17.8 Å². The van der Waals surface area contributed by atoms with E-state index >= 15 is 0 Å². The Morgan fingerprint density at radius 3 is 3.06 bits per heavy atom.